The normalized spacial score (nSPS) is 16.5. The number of hydrogen-bond acceptors (Lipinski definition) is 5. The molecule has 0 amide bonds. The highest BCUT2D eigenvalue weighted by atomic mass is 79.9. The van der Waals surface area contributed by atoms with Crippen molar-refractivity contribution in [3.05, 3.63) is 63.1 Å². The van der Waals surface area contributed by atoms with Crippen LogP contribution in [0.4, 0.5) is 0 Å². The number of likely N-dealkylation sites (tertiary alicyclic amines) is 1. The summed E-state index contributed by atoms with van der Waals surface area (Å²) in [6.07, 6.45) is 2.17. The van der Waals surface area contributed by atoms with Crippen LogP contribution in [0.5, 0.6) is 5.75 Å². The number of aliphatic hydroxyl groups is 2. The molecule has 0 bridgehead atoms. The van der Waals surface area contributed by atoms with Crippen LogP contribution in [0.25, 0.3) is 0 Å². The van der Waals surface area contributed by atoms with Crippen molar-refractivity contribution in [1.82, 2.24) is 10.2 Å². The first-order valence-corrected chi connectivity index (χ1v) is 11.6. The van der Waals surface area contributed by atoms with Gasteiger partial charge in [-0.1, -0.05) is 39.7 Å². The first-order valence-electron chi connectivity index (χ1n) is 10.4. The zero-order chi connectivity index (χ0) is 21.4. The number of nitrogens with one attached hydrogen (secondary N) is 1. The summed E-state index contributed by atoms with van der Waals surface area (Å²) in [7, 11) is 0. The smallest absolute Gasteiger partial charge is 0.124 e. The SMILES string of the molecule is OCCCNCC1(O)CCN(Cc2cc(Br)ccc2OCc2ccc(Cl)cc2)CC1. The van der Waals surface area contributed by atoms with Crippen molar-refractivity contribution in [2.45, 2.75) is 38.0 Å². The Morgan fingerprint density at radius 2 is 1.87 bits per heavy atom. The topological polar surface area (TPSA) is 65.0 Å². The van der Waals surface area contributed by atoms with Gasteiger partial charge in [-0.3, -0.25) is 4.90 Å². The highest BCUT2D eigenvalue weighted by molar-refractivity contribution is 9.10. The lowest BCUT2D eigenvalue weighted by atomic mass is 9.91. The monoisotopic (exact) mass is 496 g/mol. The molecule has 0 saturated carbocycles. The van der Waals surface area contributed by atoms with Crippen LogP contribution in [0.15, 0.2) is 46.9 Å². The Labute approximate surface area is 192 Å². The van der Waals surface area contributed by atoms with Crippen molar-refractivity contribution in [3.63, 3.8) is 0 Å². The molecule has 2 aromatic rings. The predicted octanol–water partition coefficient (Wildman–Crippen LogP) is 3.98. The van der Waals surface area contributed by atoms with E-state index in [-0.39, 0.29) is 6.61 Å². The molecule has 1 aliphatic heterocycles. The first kappa shape index (κ1) is 23.5. The Balaban J connectivity index is 1.55. The van der Waals surface area contributed by atoms with Gasteiger partial charge in [-0.15, -0.1) is 0 Å². The van der Waals surface area contributed by atoms with Gasteiger partial charge in [0.1, 0.15) is 12.4 Å². The van der Waals surface area contributed by atoms with E-state index in [0.717, 1.165) is 65.4 Å². The number of rotatable bonds is 10. The summed E-state index contributed by atoms with van der Waals surface area (Å²) in [6, 6.07) is 13.8. The van der Waals surface area contributed by atoms with Gasteiger partial charge >= 0.3 is 0 Å². The average molecular weight is 498 g/mol. The van der Waals surface area contributed by atoms with Gasteiger partial charge in [0.15, 0.2) is 0 Å². The predicted molar refractivity (Wildman–Crippen MR) is 124 cm³/mol. The average Bonchev–Trinajstić information content (AvgIpc) is 2.74. The number of piperidine rings is 1. The Kier molecular flexibility index (Phi) is 8.98. The fourth-order valence-electron chi connectivity index (χ4n) is 3.62. The number of hydrogen-bond donors (Lipinski definition) is 3. The summed E-state index contributed by atoms with van der Waals surface area (Å²) >= 11 is 9.53. The molecule has 0 aromatic heterocycles. The molecule has 0 aliphatic carbocycles. The van der Waals surface area contributed by atoms with Gasteiger partial charge in [0.25, 0.3) is 0 Å². The maximum Gasteiger partial charge on any atom is 0.124 e. The second kappa shape index (κ2) is 11.5. The minimum absolute atomic E-state index is 0.175. The van der Waals surface area contributed by atoms with Crippen LogP contribution in [0, 0.1) is 0 Å². The van der Waals surface area contributed by atoms with E-state index in [1.807, 2.05) is 36.4 Å². The molecule has 30 heavy (non-hydrogen) atoms. The van der Waals surface area contributed by atoms with Crippen LogP contribution in [0.2, 0.25) is 5.02 Å². The Morgan fingerprint density at radius 3 is 2.57 bits per heavy atom. The maximum atomic E-state index is 10.8. The van der Waals surface area contributed by atoms with Crippen LogP contribution in [0.3, 0.4) is 0 Å². The van der Waals surface area contributed by atoms with E-state index in [9.17, 15) is 5.11 Å². The van der Waals surface area contributed by atoms with Gasteiger partial charge in [-0.05, 0) is 61.7 Å². The lowest BCUT2D eigenvalue weighted by molar-refractivity contribution is -0.0218. The number of ether oxygens (including phenoxy) is 1. The Bertz CT molecular complexity index is 796. The highest BCUT2D eigenvalue weighted by Crippen LogP contribution is 2.28. The number of halogens is 2. The van der Waals surface area contributed by atoms with Gasteiger partial charge in [-0.25, -0.2) is 0 Å². The van der Waals surface area contributed by atoms with E-state index in [1.54, 1.807) is 0 Å². The zero-order valence-corrected chi connectivity index (χ0v) is 19.5. The molecule has 1 saturated heterocycles. The van der Waals surface area contributed by atoms with Gasteiger partial charge in [0.05, 0.1) is 5.60 Å². The summed E-state index contributed by atoms with van der Waals surface area (Å²) in [5, 5.41) is 23.6. The van der Waals surface area contributed by atoms with Gasteiger partial charge in [-0.2, -0.15) is 0 Å². The minimum Gasteiger partial charge on any atom is -0.489 e. The quantitative estimate of drug-likeness (QED) is 0.433. The van der Waals surface area contributed by atoms with Gasteiger partial charge < -0.3 is 20.3 Å². The van der Waals surface area contributed by atoms with Crippen molar-refractivity contribution in [1.29, 1.82) is 0 Å². The molecular weight excluding hydrogens is 468 g/mol. The molecule has 3 rings (SSSR count). The van der Waals surface area contributed by atoms with E-state index in [1.165, 1.54) is 0 Å². The second-order valence-electron chi connectivity index (χ2n) is 7.92. The third-order valence-corrected chi connectivity index (χ3v) is 6.22. The zero-order valence-electron chi connectivity index (χ0n) is 17.1. The maximum absolute atomic E-state index is 10.8. The second-order valence-corrected chi connectivity index (χ2v) is 9.27. The summed E-state index contributed by atoms with van der Waals surface area (Å²) in [5.74, 6) is 0.875. The largest absolute Gasteiger partial charge is 0.489 e. The molecule has 0 atom stereocenters. The van der Waals surface area contributed by atoms with Gasteiger partial charge in [0, 0.05) is 47.8 Å². The lowest BCUT2D eigenvalue weighted by Crippen LogP contribution is -2.49. The van der Waals surface area contributed by atoms with E-state index in [2.05, 4.69) is 32.2 Å². The van der Waals surface area contributed by atoms with Crippen LogP contribution < -0.4 is 10.1 Å². The van der Waals surface area contributed by atoms with Crippen molar-refractivity contribution < 1.29 is 14.9 Å². The summed E-state index contributed by atoms with van der Waals surface area (Å²) in [5.41, 5.74) is 1.53. The van der Waals surface area contributed by atoms with E-state index < -0.39 is 5.60 Å². The van der Waals surface area contributed by atoms with Crippen molar-refractivity contribution in [3.8, 4) is 5.75 Å². The van der Waals surface area contributed by atoms with E-state index in [0.29, 0.717) is 19.6 Å². The first-order chi connectivity index (χ1) is 14.5. The van der Waals surface area contributed by atoms with Crippen LogP contribution in [-0.2, 0) is 13.2 Å². The molecule has 5 nitrogen and oxygen atoms in total. The van der Waals surface area contributed by atoms with Crippen molar-refractivity contribution in [2.24, 2.45) is 0 Å². The van der Waals surface area contributed by atoms with Gasteiger partial charge in [0.2, 0.25) is 0 Å². The molecule has 3 N–H and O–H groups in total. The van der Waals surface area contributed by atoms with Crippen LogP contribution >= 0.6 is 27.5 Å². The minimum atomic E-state index is -0.670. The third kappa shape index (κ3) is 7.22. The molecule has 0 unspecified atom stereocenters. The molecule has 1 aliphatic rings. The van der Waals surface area contributed by atoms with Crippen LogP contribution in [0.1, 0.15) is 30.4 Å². The summed E-state index contributed by atoms with van der Waals surface area (Å²) in [6.45, 7) is 4.42. The third-order valence-electron chi connectivity index (χ3n) is 5.48. The standard InChI is InChI=1S/C23H30BrClN2O3/c24-20-4-7-22(30-16-18-2-5-21(25)6-3-18)19(14-20)15-27-11-8-23(29,9-12-27)17-26-10-1-13-28/h2-7,14,26,28-29H,1,8-13,15-17H2. The fraction of sp³-hybridized carbons (Fsp3) is 0.478. The molecule has 1 fully saturated rings. The number of benzene rings is 2. The number of aliphatic hydroxyl groups excluding tert-OH is 1. The summed E-state index contributed by atoms with van der Waals surface area (Å²) in [4.78, 5) is 2.36. The fourth-order valence-corrected chi connectivity index (χ4v) is 4.16. The molecule has 164 valence electrons. The highest BCUT2D eigenvalue weighted by Gasteiger charge is 2.32. The Morgan fingerprint density at radius 1 is 1.13 bits per heavy atom. The molecule has 1 heterocycles. The van der Waals surface area contributed by atoms with Crippen molar-refractivity contribution in [2.75, 3.05) is 32.8 Å². The van der Waals surface area contributed by atoms with Crippen LogP contribution in [-0.4, -0.2) is 53.5 Å². The molecular formula is C23H30BrClN2O3. The Hall–Kier alpha value is -1.15. The molecule has 0 radical (unpaired) electrons. The van der Waals surface area contributed by atoms with E-state index in [4.69, 9.17) is 21.4 Å². The summed E-state index contributed by atoms with van der Waals surface area (Å²) < 4.78 is 7.13. The lowest BCUT2D eigenvalue weighted by Gasteiger charge is -2.38. The number of nitrogens with zero attached hydrogens (tertiary/aromatic N) is 1. The van der Waals surface area contributed by atoms with Crippen molar-refractivity contribution >= 4 is 27.5 Å². The van der Waals surface area contributed by atoms with E-state index >= 15 is 0 Å². The molecule has 0 spiro atoms. The molecule has 2 aromatic carbocycles. The molecule has 7 heteroatoms.